The zero-order valence-corrected chi connectivity index (χ0v) is 8.33. The summed E-state index contributed by atoms with van der Waals surface area (Å²) < 4.78 is 13.5. The summed E-state index contributed by atoms with van der Waals surface area (Å²) in [5, 5.41) is 8.75. The molecular weight excluding hydrogens is 165 g/mol. The van der Waals surface area contributed by atoms with E-state index in [4.69, 9.17) is 5.26 Å². The molecule has 0 aliphatic carbocycles. The lowest BCUT2D eigenvalue weighted by Crippen LogP contribution is -2.00. The predicted octanol–water partition coefficient (Wildman–Crippen LogP) is 2.93. The number of hydrogen-bond acceptors (Lipinski definition) is 1. The van der Waals surface area contributed by atoms with Gasteiger partial charge in [-0.3, -0.25) is 0 Å². The van der Waals surface area contributed by atoms with Crippen molar-refractivity contribution in [2.75, 3.05) is 0 Å². The fourth-order valence-electron chi connectivity index (χ4n) is 1.40. The summed E-state index contributed by atoms with van der Waals surface area (Å²) in [6.45, 7) is 7.28. The lowest BCUT2D eigenvalue weighted by Gasteiger charge is -2.11. The van der Waals surface area contributed by atoms with E-state index in [2.05, 4.69) is 0 Å². The standard InChI is InChI=1S/C11H12FN/c1-6-7(2)9(4)11(12)10(5-13)8(6)3/h1-4H3. The number of nitriles is 1. The Kier molecular flexibility index (Phi) is 2.38. The second-order valence-corrected chi connectivity index (χ2v) is 3.30. The second kappa shape index (κ2) is 3.18. The monoisotopic (exact) mass is 177 g/mol. The Morgan fingerprint density at radius 2 is 1.38 bits per heavy atom. The van der Waals surface area contributed by atoms with Gasteiger partial charge in [-0.25, -0.2) is 4.39 Å². The third-order valence-electron chi connectivity index (χ3n) is 2.72. The molecule has 0 aromatic heterocycles. The smallest absolute Gasteiger partial charge is 0.144 e. The Morgan fingerprint density at radius 3 is 1.85 bits per heavy atom. The minimum absolute atomic E-state index is 0.181. The lowest BCUT2D eigenvalue weighted by molar-refractivity contribution is 0.610. The molecule has 1 aromatic carbocycles. The van der Waals surface area contributed by atoms with Crippen LogP contribution in [0.2, 0.25) is 0 Å². The van der Waals surface area contributed by atoms with Crippen LogP contribution >= 0.6 is 0 Å². The van der Waals surface area contributed by atoms with Crippen LogP contribution in [-0.2, 0) is 0 Å². The molecule has 0 amide bonds. The van der Waals surface area contributed by atoms with Gasteiger partial charge in [-0.1, -0.05) is 0 Å². The molecular formula is C11H12FN. The van der Waals surface area contributed by atoms with Gasteiger partial charge in [-0.05, 0) is 49.9 Å². The van der Waals surface area contributed by atoms with E-state index in [0.717, 1.165) is 16.7 Å². The van der Waals surface area contributed by atoms with Crippen molar-refractivity contribution in [2.24, 2.45) is 0 Å². The molecule has 13 heavy (non-hydrogen) atoms. The van der Waals surface area contributed by atoms with Gasteiger partial charge in [0.15, 0.2) is 0 Å². The molecule has 0 spiro atoms. The van der Waals surface area contributed by atoms with Gasteiger partial charge in [0, 0.05) is 0 Å². The number of nitrogens with zero attached hydrogens (tertiary/aromatic N) is 1. The predicted molar refractivity (Wildman–Crippen MR) is 50.1 cm³/mol. The minimum Gasteiger partial charge on any atom is -0.205 e. The number of hydrogen-bond donors (Lipinski definition) is 0. The third-order valence-corrected chi connectivity index (χ3v) is 2.72. The number of benzene rings is 1. The van der Waals surface area contributed by atoms with Gasteiger partial charge < -0.3 is 0 Å². The Hall–Kier alpha value is -1.36. The van der Waals surface area contributed by atoms with Crippen LogP contribution in [0.3, 0.4) is 0 Å². The third kappa shape index (κ3) is 1.31. The molecule has 1 rings (SSSR count). The molecule has 0 aliphatic heterocycles. The molecule has 1 aromatic rings. The van der Waals surface area contributed by atoms with Gasteiger partial charge in [0.2, 0.25) is 0 Å². The van der Waals surface area contributed by atoms with Crippen LogP contribution in [0.5, 0.6) is 0 Å². The summed E-state index contributed by atoms with van der Waals surface area (Å²) in [6.07, 6.45) is 0. The molecule has 0 saturated heterocycles. The molecule has 68 valence electrons. The fraction of sp³-hybridized carbons (Fsp3) is 0.364. The van der Waals surface area contributed by atoms with E-state index in [1.807, 2.05) is 19.9 Å². The van der Waals surface area contributed by atoms with E-state index in [0.29, 0.717) is 5.56 Å². The van der Waals surface area contributed by atoms with Gasteiger partial charge in [-0.2, -0.15) is 5.26 Å². The van der Waals surface area contributed by atoms with Crippen LogP contribution in [0, 0.1) is 44.8 Å². The van der Waals surface area contributed by atoms with Crippen LogP contribution in [0.1, 0.15) is 27.8 Å². The van der Waals surface area contributed by atoms with Crippen molar-refractivity contribution in [2.45, 2.75) is 27.7 Å². The van der Waals surface area contributed by atoms with Crippen LogP contribution in [0.15, 0.2) is 0 Å². The van der Waals surface area contributed by atoms with Crippen LogP contribution in [0.4, 0.5) is 4.39 Å². The molecule has 0 heterocycles. The normalized spacial score (nSPS) is 9.85. The van der Waals surface area contributed by atoms with E-state index >= 15 is 0 Å². The van der Waals surface area contributed by atoms with Crippen LogP contribution in [-0.4, -0.2) is 0 Å². The molecule has 0 bridgehead atoms. The van der Waals surface area contributed by atoms with E-state index < -0.39 is 0 Å². The van der Waals surface area contributed by atoms with Crippen molar-refractivity contribution in [3.05, 3.63) is 33.6 Å². The van der Waals surface area contributed by atoms with E-state index in [-0.39, 0.29) is 11.4 Å². The molecule has 0 radical (unpaired) electrons. The van der Waals surface area contributed by atoms with Crippen molar-refractivity contribution in [1.82, 2.24) is 0 Å². The largest absolute Gasteiger partial charge is 0.205 e. The molecule has 0 fully saturated rings. The SMILES string of the molecule is Cc1c(C)c(C)c(C#N)c(F)c1C. The first-order valence-corrected chi connectivity index (χ1v) is 4.16. The maximum Gasteiger partial charge on any atom is 0.144 e. The topological polar surface area (TPSA) is 23.8 Å². The highest BCUT2D eigenvalue weighted by molar-refractivity contribution is 5.50. The Labute approximate surface area is 77.8 Å². The highest BCUT2D eigenvalue weighted by Crippen LogP contribution is 2.24. The maximum absolute atomic E-state index is 13.5. The van der Waals surface area contributed by atoms with E-state index in [1.54, 1.807) is 13.8 Å². The zero-order chi connectivity index (χ0) is 10.2. The highest BCUT2D eigenvalue weighted by Gasteiger charge is 2.13. The first kappa shape index (κ1) is 9.73. The molecule has 0 atom stereocenters. The van der Waals surface area contributed by atoms with Crippen molar-refractivity contribution in [3.8, 4) is 6.07 Å². The van der Waals surface area contributed by atoms with Gasteiger partial charge in [-0.15, -0.1) is 0 Å². The number of rotatable bonds is 0. The summed E-state index contributed by atoms with van der Waals surface area (Å²) in [7, 11) is 0. The van der Waals surface area contributed by atoms with Crippen LogP contribution < -0.4 is 0 Å². The molecule has 0 N–H and O–H groups in total. The van der Waals surface area contributed by atoms with Crippen molar-refractivity contribution < 1.29 is 4.39 Å². The molecule has 1 nitrogen and oxygen atoms in total. The summed E-state index contributed by atoms with van der Waals surface area (Å²) in [4.78, 5) is 0. The van der Waals surface area contributed by atoms with E-state index in [9.17, 15) is 4.39 Å². The van der Waals surface area contributed by atoms with Crippen molar-refractivity contribution >= 4 is 0 Å². The van der Waals surface area contributed by atoms with Crippen molar-refractivity contribution in [3.63, 3.8) is 0 Å². The van der Waals surface area contributed by atoms with Gasteiger partial charge in [0.05, 0.1) is 5.56 Å². The Morgan fingerprint density at radius 1 is 0.923 bits per heavy atom. The zero-order valence-electron chi connectivity index (χ0n) is 8.33. The van der Waals surface area contributed by atoms with E-state index in [1.165, 1.54) is 0 Å². The lowest BCUT2D eigenvalue weighted by atomic mass is 9.94. The molecule has 0 aliphatic rings. The Balaban J connectivity index is 3.69. The first-order chi connectivity index (χ1) is 6.00. The summed E-state index contributed by atoms with van der Waals surface area (Å²) in [5.41, 5.74) is 3.47. The fourth-order valence-corrected chi connectivity index (χ4v) is 1.40. The Bertz CT molecular complexity index is 371. The minimum atomic E-state index is -0.372. The van der Waals surface area contributed by atoms with Gasteiger partial charge in [0.25, 0.3) is 0 Å². The quantitative estimate of drug-likeness (QED) is 0.597. The summed E-state index contributed by atoms with van der Waals surface area (Å²) >= 11 is 0. The summed E-state index contributed by atoms with van der Waals surface area (Å²) in [5.74, 6) is -0.372. The van der Waals surface area contributed by atoms with Crippen LogP contribution in [0.25, 0.3) is 0 Å². The van der Waals surface area contributed by atoms with Gasteiger partial charge in [0.1, 0.15) is 11.9 Å². The second-order valence-electron chi connectivity index (χ2n) is 3.30. The average molecular weight is 177 g/mol. The van der Waals surface area contributed by atoms with Crippen molar-refractivity contribution in [1.29, 1.82) is 5.26 Å². The molecule has 2 heteroatoms. The highest BCUT2D eigenvalue weighted by atomic mass is 19.1. The number of halogens is 1. The van der Waals surface area contributed by atoms with Gasteiger partial charge >= 0.3 is 0 Å². The maximum atomic E-state index is 13.5. The first-order valence-electron chi connectivity index (χ1n) is 4.16. The summed E-state index contributed by atoms with van der Waals surface area (Å²) in [6, 6.07) is 1.90. The molecule has 0 saturated carbocycles. The molecule has 0 unspecified atom stereocenters. The average Bonchev–Trinajstić information content (AvgIpc) is 2.13.